The second-order valence-electron chi connectivity index (χ2n) is 22.4. The van der Waals surface area contributed by atoms with Gasteiger partial charge in [-0.05, 0) is 129 Å². The van der Waals surface area contributed by atoms with Crippen LogP contribution in [-0.2, 0) is 50.7 Å². The number of nitrogens with one attached hydrogen (secondary N) is 4. The number of hydrogen-bond donors (Lipinski definition) is 7. The van der Waals surface area contributed by atoms with Gasteiger partial charge >= 0.3 is 14.7 Å². The van der Waals surface area contributed by atoms with Gasteiger partial charge in [0.05, 0.1) is 16.5 Å². The van der Waals surface area contributed by atoms with Crippen molar-refractivity contribution in [2.45, 2.75) is 120 Å². The Bertz CT molecular complexity index is 3480. The molecule has 0 aliphatic carbocycles. The highest BCUT2D eigenvalue weighted by Gasteiger charge is 2.47. The van der Waals surface area contributed by atoms with Gasteiger partial charge in [0.1, 0.15) is 24.2 Å². The topological polar surface area (TPSA) is 290 Å². The summed E-state index contributed by atoms with van der Waals surface area (Å²) in [7, 11) is -3.41. The molecule has 0 saturated carbocycles. The maximum atomic E-state index is 15.2. The molecule has 5 atom stereocenters. The lowest BCUT2D eigenvalue weighted by Gasteiger charge is -2.40. The van der Waals surface area contributed by atoms with E-state index in [0.29, 0.717) is 67.6 Å². The number of hydrogen-bond acceptors (Lipinski definition) is 14. The smallest absolute Gasteiger partial charge is 0.370 e. The number of amides is 9. The number of thiophene rings is 1. The van der Waals surface area contributed by atoms with E-state index in [-0.39, 0.29) is 79.7 Å². The Balaban J connectivity index is 0.815. The zero-order valence-corrected chi connectivity index (χ0v) is 49.0. The molecule has 0 spiro atoms. The van der Waals surface area contributed by atoms with Gasteiger partial charge in [0.25, 0.3) is 11.8 Å². The van der Waals surface area contributed by atoms with Gasteiger partial charge in [-0.15, -0.1) is 11.3 Å². The fraction of sp³-hybridized carbons (Fsp3) is 0.403. The SMILES string of the molecule is NC(=O)CC[C@H](NC(=O)[C@@H]1CC[C@@H]2CCN(C(=O)C3CCN(CCCC#Cc4cccc5c4CN(C4CCC(=O)NC4=O)C5=O)CC3)C[C@H](NC(=O)c3cc4cc(C(F)(F)OP(O)O)ccc4s3)C(=O)N21)C(=O)NC(c1ccccc1)c1ccccc1. The first-order valence-corrected chi connectivity index (χ1v) is 31.0. The summed E-state index contributed by atoms with van der Waals surface area (Å²) in [6.45, 7) is 2.07. The van der Waals surface area contributed by atoms with Gasteiger partial charge in [0.15, 0.2) is 0 Å². The van der Waals surface area contributed by atoms with Crippen molar-refractivity contribution in [1.82, 2.24) is 40.9 Å². The lowest BCUT2D eigenvalue weighted by molar-refractivity contribution is -0.189. The standard InChI is InChI=1S/C62H66F2N9O12PS/c63-62(64,85-86(83)84)42-18-23-50-41(33-42)34-51(87-50)58(79)67-47-36-71(59(80)40-26-30-70(31-27-40)29-9-3-8-11-37-16-10-17-44-45(37)35-72(60(44)81)48-22-25-53(75)68-56(48)77)32-28-43-19-21-49(73(43)61(47)82)57(78)66-46(20-24-52(65)74)55(76)69-54(38-12-4-1-5-13-38)39-14-6-2-7-15-39/h1-2,4-7,10,12-18,23,33-34,40,43,46-49,54,83-84H,3,9,19-22,24-32,35-36H2,(H2,65,74)(H,66,78)(H,67,79)(H,69,76)(H,68,75,77)/t43-,46+,47+,48?,49+/m1/s1. The van der Waals surface area contributed by atoms with Gasteiger partial charge in [0, 0.05) is 66.7 Å². The van der Waals surface area contributed by atoms with E-state index in [1.807, 2.05) is 66.7 Å². The number of carbonyl (C=O) groups is 9. The third-order valence-electron chi connectivity index (χ3n) is 16.8. The van der Waals surface area contributed by atoms with Crippen LogP contribution < -0.4 is 27.0 Å². The van der Waals surface area contributed by atoms with E-state index in [4.69, 9.17) is 15.5 Å². The Kier molecular flexibility index (Phi) is 19.5. The van der Waals surface area contributed by atoms with E-state index in [9.17, 15) is 47.1 Å². The minimum Gasteiger partial charge on any atom is -0.370 e. The van der Waals surface area contributed by atoms with Crippen LogP contribution >= 0.6 is 19.9 Å². The molecular formula is C62H66F2N9O12PS. The largest absolute Gasteiger partial charge is 0.389 e. The number of benzene rings is 4. The van der Waals surface area contributed by atoms with Crippen molar-refractivity contribution in [3.63, 3.8) is 0 Å². The van der Waals surface area contributed by atoms with Crippen LogP contribution in [0.25, 0.3) is 10.1 Å². The molecule has 8 N–H and O–H groups in total. The van der Waals surface area contributed by atoms with Crippen molar-refractivity contribution in [2.75, 3.05) is 32.7 Å². The number of piperidine rings is 2. The molecule has 1 aromatic heterocycles. The predicted molar refractivity (Wildman–Crippen MR) is 315 cm³/mol. The minimum atomic E-state index is -4.07. The fourth-order valence-electron chi connectivity index (χ4n) is 12.3. The summed E-state index contributed by atoms with van der Waals surface area (Å²) in [5.74, 6) is 1.36. The highest BCUT2D eigenvalue weighted by molar-refractivity contribution is 7.39. The molecule has 10 rings (SSSR count). The molecule has 5 aromatic rings. The second-order valence-corrected chi connectivity index (χ2v) is 24.2. The van der Waals surface area contributed by atoms with Gasteiger partial charge in [0.2, 0.25) is 41.4 Å². The predicted octanol–water partition coefficient (Wildman–Crippen LogP) is 4.83. The van der Waals surface area contributed by atoms with Crippen molar-refractivity contribution in [3.8, 4) is 11.8 Å². The van der Waals surface area contributed by atoms with Gasteiger partial charge in [-0.2, -0.15) is 8.78 Å². The first-order valence-electron chi connectivity index (χ1n) is 29.0. The summed E-state index contributed by atoms with van der Waals surface area (Å²) < 4.78 is 34.1. The van der Waals surface area contributed by atoms with E-state index >= 15 is 4.79 Å². The van der Waals surface area contributed by atoms with E-state index in [1.165, 1.54) is 21.9 Å². The molecule has 9 amide bonds. The van der Waals surface area contributed by atoms with Crippen LogP contribution in [-0.4, -0.2) is 145 Å². The number of carbonyl (C=O) groups excluding carboxylic acids is 9. The number of unbranched alkanes of at least 4 members (excludes halogenated alkanes) is 1. The highest BCUT2D eigenvalue weighted by atomic mass is 32.1. The second kappa shape index (κ2) is 27.3. The van der Waals surface area contributed by atoms with Crippen molar-refractivity contribution in [3.05, 3.63) is 141 Å². The number of halogens is 2. The average Bonchev–Trinajstić information content (AvgIpc) is 2.69. The molecule has 6 heterocycles. The van der Waals surface area contributed by atoms with Crippen LogP contribution in [0, 0.1) is 17.8 Å². The van der Waals surface area contributed by atoms with Crippen LogP contribution in [0.5, 0.6) is 0 Å². The number of nitrogens with two attached hydrogens (primary N) is 1. The van der Waals surface area contributed by atoms with E-state index in [1.54, 1.807) is 17.0 Å². The Morgan fingerprint density at radius 1 is 0.851 bits per heavy atom. The third kappa shape index (κ3) is 14.5. The number of imide groups is 1. The molecule has 1 unspecified atom stereocenters. The normalized spacial score (nSPS) is 20.5. The van der Waals surface area contributed by atoms with Crippen LogP contribution in [0.4, 0.5) is 8.78 Å². The minimum absolute atomic E-state index is 0.0300. The maximum Gasteiger partial charge on any atom is 0.389 e. The summed E-state index contributed by atoms with van der Waals surface area (Å²) in [6.07, 6.45) is -0.916. The molecule has 21 nitrogen and oxygen atoms in total. The molecule has 456 valence electrons. The van der Waals surface area contributed by atoms with E-state index in [2.05, 4.69) is 42.5 Å². The Morgan fingerprint density at radius 3 is 2.26 bits per heavy atom. The molecule has 5 aliphatic heterocycles. The molecule has 0 bridgehead atoms. The van der Waals surface area contributed by atoms with Crippen LogP contribution in [0.1, 0.15) is 125 Å². The molecule has 4 fully saturated rings. The number of likely N-dealkylation sites (tertiary alicyclic amines) is 1. The van der Waals surface area contributed by atoms with Crippen molar-refractivity contribution >= 4 is 83.2 Å². The Labute approximate surface area is 505 Å². The number of fused-ring (bicyclic) bond motifs is 3. The van der Waals surface area contributed by atoms with Gasteiger partial charge in [-0.25, -0.2) is 4.52 Å². The summed E-state index contributed by atoms with van der Waals surface area (Å²) in [4.78, 5) is 148. The molecule has 4 saturated heterocycles. The van der Waals surface area contributed by atoms with Crippen molar-refractivity contribution in [2.24, 2.45) is 11.7 Å². The monoisotopic (exact) mass is 1230 g/mol. The average molecular weight is 1230 g/mol. The Hall–Kier alpha value is -8.04. The van der Waals surface area contributed by atoms with Crippen molar-refractivity contribution < 1.29 is 66.2 Å². The first kappa shape index (κ1) is 62.0. The zero-order chi connectivity index (χ0) is 61.5. The molecule has 25 heteroatoms. The molecule has 0 radical (unpaired) electrons. The maximum absolute atomic E-state index is 15.2. The molecule has 4 aromatic carbocycles. The number of nitrogens with zero attached hydrogens (tertiary/aromatic N) is 4. The zero-order valence-electron chi connectivity index (χ0n) is 47.3. The van der Waals surface area contributed by atoms with Gasteiger partial charge < -0.3 is 51.1 Å². The quantitative estimate of drug-likeness (QED) is 0.0253. The van der Waals surface area contributed by atoms with Crippen LogP contribution in [0.2, 0.25) is 0 Å². The van der Waals surface area contributed by atoms with Crippen LogP contribution in [0.15, 0.2) is 103 Å². The third-order valence-corrected chi connectivity index (χ3v) is 18.3. The fourth-order valence-corrected chi connectivity index (χ4v) is 13.5. The summed E-state index contributed by atoms with van der Waals surface area (Å²) in [5.41, 5.74) is 8.33. The van der Waals surface area contributed by atoms with Gasteiger partial charge in [-0.3, -0.25) is 48.5 Å². The first-order chi connectivity index (χ1) is 41.8. The summed E-state index contributed by atoms with van der Waals surface area (Å²) in [6, 6.07) is 22.7. The van der Waals surface area contributed by atoms with Crippen molar-refractivity contribution in [1.29, 1.82) is 0 Å². The molecule has 5 aliphatic rings. The summed E-state index contributed by atoms with van der Waals surface area (Å²) >= 11 is 0.949. The van der Waals surface area contributed by atoms with E-state index < -0.39 is 97.9 Å². The number of primary amides is 1. The lowest BCUT2D eigenvalue weighted by Crippen LogP contribution is -2.62. The highest BCUT2D eigenvalue weighted by Crippen LogP contribution is 2.43. The van der Waals surface area contributed by atoms with Gasteiger partial charge in [-0.1, -0.05) is 78.6 Å². The number of rotatable bonds is 19. The Morgan fingerprint density at radius 2 is 1.57 bits per heavy atom. The van der Waals surface area contributed by atoms with Crippen LogP contribution in [0.3, 0.4) is 0 Å². The molecular weight excluding hydrogens is 1160 g/mol. The summed E-state index contributed by atoms with van der Waals surface area (Å²) in [5, 5.41) is 11.2. The number of alkyl halides is 2. The lowest BCUT2D eigenvalue weighted by atomic mass is 9.94. The molecule has 87 heavy (non-hydrogen) atoms. The van der Waals surface area contributed by atoms with E-state index in [0.717, 1.165) is 46.6 Å².